The van der Waals surface area contributed by atoms with Gasteiger partial charge in [-0.3, -0.25) is 0 Å². The zero-order valence-electron chi connectivity index (χ0n) is 11.3. The summed E-state index contributed by atoms with van der Waals surface area (Å²) in [6.45, 7) is 11.4. The average Bonchev–Trinajstić information content (AvgIpc) is 2.54. The lowest BCUT2D eigenvalue weighted by Gasteiger charge is -2.13. The fourth-order valence-electron chi connectivity index (χ4n) is 1.83. The maximum absolute atomic E-state index is 5.49. The molecule has 16 heavy (non-hydrogen) atoms. The molecule has 0 aliphatic rings. The van der Waals surface area contributed by atoms with Crippen molar-refractivity contribution in [3.05, 3.63) is 18.2 Å². The fraction of sp³-hybridized carbons (Fsp3) is 0.769. The van der Waals surface area contributed by atoms with E-state index >= 15 is 0 Å². The van der Waals surface area contributed by atoms with Gasteiger partial charge in [0.1, 0.15) is 18.4 Å². The van der Waals surface area contributed by atoms with Crippen molar-refractivity contribution in [1.82, 2.24) is 4.57 Å². The summed E-state index contributed by atoms with van der Waals surface area (Å²) in [7, 11) is 2.10. The standard InChI is InChI=1S/C13H25N2O/c1-6-8-16-9-7-15-10-12(13(2,3)4)14(5)11-15/h10-11H,6-9H2,1-5H3/q+1. The predicted molar refractivity (Wildman–Crippen MR) is 65.4 cm³/mol. The third kappa shape index (κ3) is 3.63. The first-order chi connectivity index (χ1) is 7.45. The van der Waals surface area contributed by atoms with Crippen molar-refractivity contribution in [2.45, 2.75) is 46.1 Å². The van der Waals surface area contributed by atoms with Crippen LogP contribution in [-0.4, -0.2) is 17.8 Å². The molecule has 0 amide bonds. The molecule has 0 unspecified atom stereocenters. The highest BCUT2D eigenvalue weighted by atomic mass is 16.5. The highest BCUT2D eigenvalue weighted by Gasteiger charge is 2.23. The van der Waals surface area contributed by atoms with Crippen LogP contribution in [0.4, 0.5) is 0 Å². The number of hydrogen-bond donors (Lipinski definition) is 0. The van der Waals surface area contributed by atoms with Gasteiger partial charge in [-0.05, 0) is 6.42 Å². The van der Waals surface area contributed by atoms with Gasteiger partial charge in [0.15, 0.2) is 0 Å². The number of ether oxygens (including phenoxy) is 1. The summed E-state index contributed by atoms with van der Waals surface area (Å²) in [6.07, 6.45) is 5.44. The van der Waals surface area contributed by atoms with Gasteiger partial charge in [0.05, 0.1) is 13.7 Å². The Morgan fingerprint density at radius 2 is 2.00 bits per heavy atom. The van der Waals surface area contributed by atoms with Crippen LogP contribution < -0.4 is 4.57 Å². The summed E-state index contributed by atoms with van der Waals surface area (Å²) in [4.78, 5) is 0. The Bertz CT molecular complexity index is 323. The SMILES string of the molecule is CCCOCCn1cc(C(C)(C)C)[n+](C)c1. The molecule has 0 aliphatic heterocycles. The number of rotatable bonds is 5. The first-order valence-corrected chi connectivity index (χ1v) is 6.08. The molecule has 0 N–H and O–H groups in total. The second-order valence-electron chi connectivity index (χ2n) is 5.34. The minimum Gasteiger partial charge on any atom is -0.377 e. The molecule has 0 radical (unpaired) electrons. The molecule has 1 rings (SSSR count). The summed E-state index contributed by atoms with van der Waals surface area (Å²) >= 11 is 0. The summed E-state index contributed by atoms with van der Waals surface area (Å²) in [5, 5.41) is 0. The van der Waals surface area contributed by atoms with E-state index in [1.165, 1.54) is 5.69 Å². The smallest absolute Gasteiger partial charge is 0.243 e. The molecule has 1 heterocycles. The summed E-state index contributed by atoms with van der Waals surface area (Å²) in [5.41, 5.74) is 1.55. The van der Waals surface area contributed by atoms with Gasteiger partial charge in [-0.1, -0.05) is 27.7 Å². The lowest BCUT2D eigenvalue weighted by molar-refractivity contribution is -0.681. The maximum atomic E-state index is 5.49. The molecule has 92 valence electrons. The molecule has 0 fully saturated rings. The van der Waals surface area contributed by atoms with Crippen LogP contribution in [0.5, 0.6) is 0 Å². The molecule has 0 aliphatic carbocycles. The second kappa shape index (κ2) is 5.48. The van der Waals surface area contributed by atoms with Gasteiger partial charge in [0.2, 0.25) is 6.33 Å². The molecule has 0 saturated carbocycles. The third-order valence-corrected chi connectivity index (χ3v) is 2.60. The molecular formula is C13H25N2O+. The Morgan fingerprint density at radius 1 is 1.31 bits per heavy atom. The summed E-state index contributed by atoms with van der Waals surface area (Å²) in [5.74, 6) is 0. The van der Waals surface area contributed by atoms with Crippen molar-refractivity contribution >= 4 is 0 Å². The van der Waals surface area contributed by atoms with E-state index in [-0.39, 0.29) is 5.41 Å². The minimum atomic E-state index is 0.199. The van der Waals surface area contributed by atoms with E-state index < -0.39 is 0 Å². The largest absolute Gasteiger partial charge is 0.377 e. The number of aryl methyl sites for hydroxylation is 1. The van der Waals surface area contributed by atoms with E-state index in [2.05, 4.69) is 56.4 Å². The van der Waals surface area contributed by atoms with Crippen molar-refractivity contribution in [3.8, 4) is 0 Å². The third-order valence-electron chi connectivity index (χ3n) is 2.60. The Morgan fingerprint density at radius 3 is 2.50 bits per heavy atom. The number of aromatic nitrogens is 2. The second-order valence-corrected chi connectivity index (χ2v) is 5.34. The van der Waals surface area contributed by atoms with Gasteiger partial charge in [-0.25, -0.2) is 9.13 Å². The maximum Gasteiger partial charge on any atom is 0.243 e. The van der Waals surface area contributed by atoms with Crippen LogP contribution in [0, 0.1) is 0 Å². The van der Waals surface area contributed by atoms with Gasteiger partial charge in [0, 0.05) is 12.0 Å². The number of nitrogens with zero attached hydrogens (tertiary/aromatic N) is 2. The summed E-state index contributed by atoms with van der Waals surface area (Å²) in [6, 6.07) is 0. The van der Waals surface area contributed by atoms with Crippen molar-refractivity contribution < 1.29 is 9.30 Å². The molecule has 0 bridgehead atoms. The van der Waals surface area contributed by atoms with Gasteiger partial charge in [0.25, 0.3) is 0 Å². The quantitative estimate of drug-likeness (QED) is 0.554. The molecule has 3 heteroatoms. The van der Waals surface area contributed by atoms with Crippen molar-refractivity contribution in [3.63, 3.8) is 0 Å². The summed E-state index contributed by atoms with van der Waals surface area (Å²) < 4.78 is 9.89. The monoisotopic (exact) mass is 225 g/mol. The molecule has 0 aromatic carbocycles. The van der Waals surface area contributed by atoms with Crippen molar-refractivity contribution in [2.24, 2.45) is 7.05 Å². The topological polar surface area (TPSA) is 18.0 Å². The molecule has 1 aromatic rings. The van der Waals surface area contributed by atoms with Gasteiger partial charge in [-0.15, -0.1) is 0 Å². The van der Waals surface area contributed by atoms with Crippen molar-refractivity contribution in [1.29, 1.82) is 0 Å². The zero-order chi connectivity index (χ0) is 12.2. The average molecular weight is 225 g/mol. The van der Waals surface area contributed by atoms with Gasteiger partial charge in [-0.2, -0.15) is 0 Å². The first kappa shape index (κ1) is 13.2. The van der Waals surface area contributed by atoms with E-state index in [9.17, 15) is 0 Å². The van der Waals surface area contributed by atoms with Crippen LogP contribution in [0.15, 0.2) is 12.5 Å². The molecule has 0 saturated heterocycles. The molecule has 3 nitrogen and oxygen atoms in total. The zero-order valence-corrected chi connectivity index (χ0v) is 11.3. The van der Waals surface area contributed by atoms with Crippen LogP contribution in [-0.2, 0) is 23.7 Å². The van der Waals surface area contributed by atoms with E-state index in [1.807, 2.05) is 0 Å². The lowest BCUT2D eigenvalue weighted by atomic mass is 9.93. The van der Waals surface area contributed by atoms with Crippen LogP contribution in [0.1, 0.15) is 39.8 Å². The van der Waals surface area contributed by atoms with Gasteiger partial charge >= 0.3 is 0 Å². The van der Waals surface area contributed by atoms with E-state index in [4.69, 9.17) is 4.74 Å². The van der Waals surface area contributed by atoms with E-state index in [0.717, 1.165) is 26.2 Å². The highest BCUT2D eigenvalue weighted by molar-refractivity contribution is 5.02. The highest BCUT2D eigenvalue weighted by Crippen LogP contribution is 2.18. The first-order valence-electron chi connectivity index (χ1n) is 6.08. The number of imidazole rings is 1. The van der Waals surface area contributed by atoms with E-state index in [1.54, 1.807) is 0 Å². The van der Waals surface area contributed by atoms with Crippen molar-refractivity contribution in [2.75, 3.05) is 13.2 Å². The van der Waals surface area contributed by atoms with Crippen LogP contribution >= 0.6 is 0 Å². The minimum absolute atomic E-state index is 0.199. The lowest BCUT2D eigenvalue weighted by Crippen LogP contribution is -2.36. The predicted octanol–water partition coefficient (Wildman–Crippen LogP) is 2.04. The Kier molecular flexibility index (Phi) is 4.54. The molecular weight excluding hydrogens is 200 g/mol. The molecule has 0 spiro atoms. The van der Waals surface area contributed by atoms with Crippen LogP contribution in [0.2, 0.25) is 0 Å². The van der Waals surface area contributed by atoms with Crippen LogP contribution in [0.25, 0.3) is 0 Å². The Balaban J connectivity index is 2.56. The van der Waals surface area contributed by atoms with Gasteiger partial charge < -0.3 is 4.74 Å². The fourth-order valence-corrected chi connectivity index (χ4v) is 1.83. The number of hydrogen-bond acceptors (Lipinski definition) is 1. The molecule has 0 atom stereocenters. The molecule has 1 aromatic heterocycles. The van der Waals surface area contributed by atoms with Crippen LogP contribution in [0.3, 0.4) is 0 Å². The Hall–Kier alpha value is -0.830. The van der Waals surface area contributed by atoms with E-state index in [0.29, 0.717) is 0 Å². The normalized spacial score (nSPS) is 12.1. The Labute approximate surface area is 99.0 Å².